The summed E-state index contributed by atoms with van der Waals surface area (Å²) in [6, 6.07) is 15.0. The van der Waals surface area contributed by atoms with Crippen LogP contribution >= 0.6 is 0 Å². The molecular formula is C20H27N3O3. The number of amides is 1. The van der Waals surface area contributed by atoms with Gasteiger partial charge in [-0.2, -0.15) is 0 Å². The minimum Gasteiger partial charge on any atom is -0.382 e. The summed E-state index contributed by atoms with van der Waals surface area (Å²) in [5.41, 5.74) is 2.60. The van der Waals surface area contributed by atoms with Crippen LogP contribution in [0.15, 0.2) is 48.7 Å². The first kappa shape index (κ1) is 18.6. The summed E-state index contributed by atoms with van der Waals surface area (Å²) in [4.78, 5) is 14.4. The highest BCUT2D eigenvalue weighted by Gasteiger charge is 2.26. The number of hydrogen-bond acceptors (Lipinski definition) is 4. The molecule has 26 heavy (non-hydrogen) atoms. The molecule has 1 aromatic heterocycles. The second-order valence-electron chi connectivity index (χ2n) is 6.55. The van der Waals surface area contributed by atoms with E-state index in [9.17, 15) is 4.79 Å². The first-order chi connectivity index (χ1) is 12.8. The van der Waals surface area contributed by atoms with Crippen molar-refractivity contribution in [2.45, 2.75) is 25.7 Å². The Labute approximate surface area is 154 Å². The van der Waals surface area contributed by atoms with Gasteiger partial charge in [0.25, 0.3) is 0 Å². The molecule has 6 nitrogen and oxygen atoms in total. The topological polar surface area (TPSA) is 55.7 Å². The Morgan fingerprint density at radius 3 is 2.85 bits per heavy atom. The molecule has 2 aromatic rings. The lowest BCUT2D eigenvalue weighted by molar-refractivity contribution is -0.126. The first-order valence-corrected chi connectivity index (χ1v) is 9.01. The van der Waals surface area contributed by atoms with E-state index in [2.05, 4.69) is 57.4 Å². The summed E-state index contributed by atoms with van der Waals surface area (Å²) < 4.78 is 12.5. The molecule has 140 valence electrons. The predicted molar refractivity (Wildman–Crippen MR) is 99.6 cm³/mol. The van der Waals surface area contributed by atoms with Gasteiger partial charge in [0.15, 0.2) is 0 Å². The van der Waals surface area contributed by atoms with Crippen molar-refractivity contribution in [3.63, 3.8) is 0 Å². The van der Waals surface area contributed by atoms with Crippen molar-refractivity contribution in [1.82, 2.24) is 14.8 Å². The van der Waals surface area contributed by atoms with Gasteiger partial charge in [-0.3, -0.25) is 9.69 Å². The third-order valence-electron chi connectivity index (χ3n) is 4.64. The number of nitrogens with zero attached hydrogens (tertiary/aromatic N) is 2. The number of fused-ring (bicyclic) bond motifs is 1. The van der Waals surface area contributed by atoms with Crippen LogP contribution in [0.3, 0.4) is 0 Å². The molecule has 0 aliphatic carbocycles. The summed E-state index contributed by atoms with van der Waals surface area (Å²) in [6.07, 6.45) is 2.11. The zero-order valence-corrected chi connectivity index (χ0v) is 15.3. The van der Waals surface area contributed by atoms with E-state index in [4.69, 9.17) is 9.47 Å². The second-order valence-corrected chi connectivity index (χ2v) is 6.55. The smallest absolute Gasteiger partial charge is 0.246 e. The predicted octanol–water partition coefficient (Wildman–Crippen LogP) is 1.65. The van der Waals surface area contributed by atoms with Crippen molar-refractivity contribution in [1.29, 1.82) is 0 Å². The number of methoxy groups -OCH3 is 1. The number of ether oxygens (including phenoxy) is 2. The van der Waals surface area contributed by atoms with Gasteiger partial charge < -0.3 is 19.4 Å². The lowest BCUT2D eigenvalue weighted by Gasteiger charge is -2.37. The van der Waals surface area contributed by atoms with Crippen LogP contribution in [0.25, 0.3) is 0 Å². The Bertz CT molecular complexity index is 687. The average molecular weight is 357 g/mol. The molecule has 0 bridgehead atoms. The first-order valence-electron chi connectivity index (χ1n) is 9.01. The summed E-state index contributed by atoms with van der Waals surface area (Å²) in [7, 11) is 1.61. The number of nitrogens with one attached hydrogen (secondary N) is 1. The third kappa shape index (κ3) is 5.17. The van der Waals surface area contributed by atoms with Gasteiger partial charge in [-0.05, 0) is 17.7 Å². The van der Waals surface area contributed by atoms with Gasteiger partial charge in [-0.25, -0.2) is 0 Å². The molecule has 2 heterocycles. The van der Waals surface area contributed by atoms with Crippen molar-refractivity contribution in [2.75, 3.05) is 33.5 Å². The number of carbonyl (C=O) groups excluding carboxylic acids is 1. The van der Waals surface area contributed by atoms with Crippen molar-refractivity contribution in [2.24, 2.45) is 0 Å². The third-order valence-corrected chi connectivity index (χ3v) is 4.64. The monoisotopic (exact) mass is 357 g/mol. The highest BCUT2D eigenvalue weighted by Crippen LogP contribution is 2.20. The Morgan fingerprint density at radius 1 is 1.19 bits per heavy atom. The molecule has 0 spiro atoms. The molecule has 0 saturated heterocycles. The molecule has 1 aliphatic heterocycles. The maximum atomic E-state index is 12.0. The molecule has 1 atom stereocenters. The fourth-order valence-corrected chi connectivity index (χ4v) is 3.24. The molecular weight excluding hydrogens is 330 g/mol. The van der Waals surface area contributed by atoms with Gasteiger partial charge in [0.05, 0.1) is 13.2 Å². The largest absolute Gasteiger partial charge is 0.382 e. The van der Waals surface area contributed by atoms with Crippen LogP contribution in [0, 0.1) is 0 Å². The SMILES string of the molecule is COCCOCC(=O)NCC1Cn2cccc2CN1Cc1ccccc1. The molecule has 1 amide bonds. The maximum absolute atomic E-state index is 12.0. The van der Waals surface area contributed by atoms with E-state index in [1.807, 2.05) is 6.07 Å². The highest BCUT2D eigenvalue weighted by atomic mass is 16.5. The molecule has 0 saturated carbocycles. The van der Waals surface area contributed by atoms with Crippen molar-refractivity contribution >= 4 is 5.91 Å². The van der Waals surface area contributed by atoms with E-state index >= 15 is 0 Å². The van der Waals surface area contributed by atoms with E-state index in [1.54, 1.807) is 7.11 Å². The van der Waals surface area contributed by atoms with Gasteiger partial charge >= 0.3 is 0 Å². The quantitative estimate of drug-likeness (QED) is 0.694. The molecule has 0 fully saturated rings. The number of rotatable bonds is 9. The van der Waals surface area contributed by atoms with Crippen LogP contribution in [-0.2, 0) is 33.9 Å². The molecule has 1 N–H and O–H groups in total. The number of hydrogen-bond donors (Lipinski definition) is 1. The highest BCUT2D eigenvalue weighted by molar-refractivity contribution is 5.77. The van der Waals surface area contributed by atoms with Crippen LogP contribution in [-0.4, -0.2) is 54.9 Å². The Hall–Kier alpha value is -2.15. The van der Waals surface area contributed by atoms with E-state index in [0.29, 0.717) is 19.8 Å². The minimum atomic E-state index is -0.0842. The Balaban J connectivity index is 1.56. The number of aromatic nitrogens is 1. The summed E-state index contributed by atoms with van der Waals surface area (Å²) in [5, 5.41) is 3.01. The van der Waals surface area contributed by atoms with Crippen LogP contribution in [0.2, 0.25) is 0 Å². The maximum Gasteiger partial charge on any atom is 0.246 e. The summed E-state index contributed by atoms with van der Waals surface area (Å²) in [5.74, 6) is -0.0842. The van der Waals surface area contributed by atoms with E-state index < -0.39 is 0 Å². The Kier molecular flexibility index (Phi) is 6.82. The zero-order valence-electron chi connectivity index (χ0n) is 15.3. The molecule has 1 aliphatic rings. The Morgan fingerprint density at radius 2 is 2.04 bits per heavy atom. The summed E-state index contributed by atoms with van der Waals surface area (Å²) in [6.45, 7) is 4.24. The molecule has 3 rings (SSSR count). The number of benzene rings is 1. The van der Waals surface area contributed by atoms with Gasteiger partial charge in [0, 0.05) is 51.2 Å². The van der Waals surface area contributed by atoms with Gasteiger partial charge in [0.2, 0.25) is 5.91 Å². The van der Waals surface area contributed by atoms with Gasteiger partial charge in [-0.1, -0.05) is 30.3 Å². The zero-order chi connectivity index (χ0) is 18.2. The van der Waals surface area contributed by atoms with Crippen LogP contribution < -0.4 is 5.32 Å². The average Bonchev–Trinajstić information content (AvgIpc) is 3.11. The second kappa shape index (κ2) is 9.52. The standard InChI is InChI=1S/C20H27N3O3/c1-25-10-11-26-16-20(24)21-12-19-15-22-9-5-8-18(22)14-23(19)13-17-6-3-2-4-7-17/h2-9,19H,10-16H2,1H3,(H,21,24). The lowest BCUT2D eigenvalue weighted by Crippen LogP contribution is -2.49. The fourth-order valence-electron chi connectivity index (χ4n) is 3.24. The van der Waals surface area contributed by atoms with Crippen LogP contribution in [0.4, 0.5) is 0 Å². The van der Waals surface area contributed by atoms with Crippen molar-refractivity contribution in [3.05, 3.63) is 59.9 Å². The van der Waals surface area contributed by atoms with E-state index in [0.717, 1.165) is 19.6 Å². The van der Waals surface area contributed by atoms with Gasteiger partial charge in [-0.15, -0.1) is 0 Å². The van der Waals surface area contributed by atoms with E-state index in [1.165, 1.54) is 11.3 Å². The van der Waals surface area contributed by atoms with Crippen molar-refractivity contribution < 1.29 is 14.3 Å². The summed E-state index contributed by atoms with van der Waals surface area (Å²) >= 11 is 0. The lowest BCUT2D eigenvalue weighted by atomic mass is 10.1. The van der Waals surface area contributed by atoms with Gasteiger partial charge in [0.1, 0.15) is 6.61 Å². The van der Waals surface area contributed by atoms with Crippen LogP contribution in [0.5, 0.6) is 0 Å². The fraction of sp³-hybridized carbons (Fsp3) is 0.450. The molecule has 6 heteroatoms. The van der Waals surface area contributed by atoms with E-state index in [-0.39, 0.29) is 18.6 Å². The van der Waals surface area contributed by atoms with Crippen LogP contribution in [0.1, 0.15) is 11.3 Å². The minimum absolute atomic E-state index is 0.0730. The normalized spacial score (nSPS) is 17.0. The number of carbonyl (C=O) groups is 1. The molecule has 0 radical (unpaired) electrons. The van der Waals surface area contributed by atoms with Crippen molar-refractivity contribution in [3.8, 4) is 0 Å². The molecule has 1 unspecified atom stereocenters. The molecule has 1 aromatic carbocycles.